The van der Waals surface area contributed by atoms with E-state index in [2.05, 4.69) is 21.2 Å². The number of carbonyl (C=O) groups is 3. The summed E-state index contributed by atoms with van der Waals surface area (Å²) in [6, 6.07) is 2.67. The van der Waals surface area contributed by atoms with E-state index in [1.165, 1.54) is 4.90 Å². The molecule has 1 aliphatic heterocycles. The van der Waals surface area contributed by atoms with Gasteiger partial charge in [0, 0.05) is 10.2 Å². The van der Waals surface area contributed by atoms with Crippen molar-refractivity contribution in [1.82, 2.24) is 4.90 Å². The minimum atomic E-state index is -0.832. The van der Waals surface area contributed by atoms with Crippen LogP contribution in [0.5, 0.6) is 0 Å². The molecule has 26 heavy (non-hydrogen) atoms. The fourth-order valence-electron chi connectivity index (χ4n) is 4.96. The van der Waals surface area contributed by atoms with Crippen LogP contribution in [-0.2, 0) is 14.4 Å². The van der Waals surface area contributed by atoms with Crippen molar-refractivity contribution in [3.05, 3.63) is 27.2 Å². The smallest absolute Gasteiger partial charge is 0.247 e. The average Bonchev–Trinajstić information content (AvgIpc) is 3.29. The lowest BCUT2D eigenvalue weighted by atomic mass is 9.81. The molecule has 1 N–H and O–H groups in total. The number of benzene rings is 1. The van der Waals surface area contributed by atoms with E-state index in [0.29, 0.717) is 22.5 Å². The summed E-state index contributed by atoms with van der Waals surface area (Å²) in [4.78, 5) is 39.6. The molecule has 1 aromatic rings. The van der Waals surface area contributed by atoms with Gasteiger partial charge in [0.05, 0.1) is 16.9 Å². The van der Waals surface area contributed by atoms with Crippen molar-refractivity contribution in [1.29, 1.82) is 0 Å². The van der Waals surface area contributed by atoms with Gasteiger partial charge in [0.1, 0.15) is 6.04 Å². The Morgan fingerprint density at radius 1 is 1.23 bits per heavy atom. The highest BCUT2D eigenvalue weighted by molar-refractivity contribution is 9.10. The highest BCUT2D eigenvalue weighted by Gasteiger charge is 2.62. The van der Waals surface area contributed by atoms with Gasteiger partial charge in [-0.1, -0.05) is 11.6 Å². The Morgan fingerprint density at radius 2 is 1.81 bits per heavy atom. The van der Waals surface area contributed by atoms with E-state index in [1.807, 2.05) is 6.92 Å². The predicted octanol–water partition coefficient (Wildman–Crippen LogP) is 3.77. The molecule has 3 aliphatic rings. The molecule has 2 saturated carbocycles. The maximum atomic E-state index is 12.8. The number of anilines is 1. The molecule has 0 aromatic heterocycles. The third-order valence-corrected chi connectivity index (χ3v) is 7.70. The molecule has 5 nitrogen and oxygen atoms in total. The average molecular weight is 440 g/mol. The van der Waals surface area contributed by atoms with Gasteiger partial charge in [-0.2, -0.15) is 0 Å². The number of amides is 3. The molecule has 2 bridgehead atoms. The van der Waals surface area contributed by atoms with Gasteiger partial charge >= 0.3 is 0 Å². The van der Waals surface area contributed by atoms with Crippen molar-refractivity contribution in [2.45, 2.75) is 39.2 Å². The predicted molar refractivity (Wildman–Crippen MR) is 102 cm³/mol. The second-order valence-electron chi connectivity index (χ2n) is 7.63. The number of likely N-dealkylation sites (tertiary alicyclic amines) is 1. The van der Waals surface area contributed by atoms with Crippen LogP contribution < -0.4 is 5.32 Å². The zero-order valence-electron chi connectivity index (χ0n) is 14.6. The first-order valence-electron chi connectivity index (χ1n) is 8.93. The Kier molecular flexibility index (Phi) is 4.39. The third kappa shape index (κ3) is 2.53. The van der Waals surface area contributed by atoms with Crippen LogP contribution in [0.15, 0.2) is 16.6 Å². The molecule has 7 heteroatoms. The summed E-state index contributed by atoms with van der Waals surface area (Å²) in [5, 5.41) is 3.33. The van der Waals surface area contributed by atoms with E-state index in [-0.39, 0.29) is 29.6 Å². The fraction of sp³-hybridized carbons (Fsp3) is 0.526. The molecule has 5 atom stereocenters. The molecule has 5 unspecified atom stereocenters. The molecule has 138 valence electrons. The molecular formula is C19H20BrClN2O3. The van der Waals surface area contributed by atoms with E-state index in [4.69, 9.17) is 11.6 Å². The second kappa shape index (κ2) is 6.34. The molecule has 2 aliphatic carbocycles. The van der Waals surface area contributed by atoms with Crippen molar-refractivity contribution >= 4 is 50.9 Å². The molecule has 3 amide bonds. The number of hydrogen-bond donors (Lipinski definition) is 1. The van der Waals surface area contributed by atoms with Crippen molar-refractivity contribution in [2.24, 2.45) is 23.7 Å². The van der Waals surface area contributed by atoms with E-state index in [0.717, 1.165) is 29.3 Å². The summed E-state index contributed by atoms with van der Waals surface area (Å²) in [6.07, 6.45) is 3.03. The number of fused-ring (bicyclic) bond motifs is 5. The summed E-state index contributed by atoms with van der Waals surface area (Å²) in [6.45, 7) is 3.42. The Balaban J connectivity index is 1.54. The lowest BCUT2D eigenvalue weighted by molar-refractivity contribution is -0.146. The summed E-state index contributed by atoms with van der Waals surface area (Å²) < 4.78 is 0.746. The Bertz CT molecular complexity index is 799. The first-order chi connectivity index (χ1) is 12.3. The van der Waals surface area contributed by atoms with Crippen LogP contribution in [0, 0.1) is 30.6 Å². The minimum absolute atomic E-state index is 0.166. The molecule has 1 heterocycles. The fourth-order valence-corrected chi connectivity index (χ4v) is 5.55. The van der Waals surface area contributed by atoms with Gasteiger partial charge in [0.15, 0.2) is 0 Å². The van der Waals surface area contributed by atoms with Gasteiger partial charge < -0.3 is 5.32 Å². The standard InChI is InChI=1S/C19H20BrClN2O3/c1-8-13(6-5-12(20)16(8)21)22-17(24)9(2)23-18(25)14-10-3-4-11(7-10)15(14)19(23)26/h5-6,9-11,14-15H,3-4,7H2,1-2H3,(H,22,24). The van der Waals surface area contributed by atoms with Crippen LogP contribution in [0.4, 0.5) is 5.69 Å². The van der Waals surface area contributed by atoms with E-state index in [9.17, 15) is 14.4 Å². The molecule has 4 rings (SSSR count). The van der Waals surface area contributed by atoms with Gasteiger partial charge in [0.2, 0.25) is 17.7 Å². The number of hydrogen-bond acceptors (Lipinski definition) is 3. The normalized spacial score (nSPS) is 30.7. The zero-order chi connectivity index (χ0) is 18.7. The SMILES string of the molecule is Cc1c(NC(=O)C(C)N2C(=O)C3C4CCC(C4)C3C2=O)ccc(Br)c1Cl. The molecule has 3 fully saturated rings. The Labute approximate surface area is 165 Å². The van der Waals surface area contributed by atoms with Crippen LogP contribution in [0.3, 0.4) is 0 Å². The van der Waals surface area contributed by atoms with E-state index >= 15 is 0 Å². The van der Waals surface area contributed by atoms with E-state index in [1.54, 1.807) is 19.1 Å². The maximum Gasteiger partial charge on any atom is 0.247 e. The second-order valence-corrected chi connectivity index (χ2v) is 8.86. The summed E-state index contributed by atoms with van der Waals surface area (Å²) in [5.41, 5.74) is 1.31. The summed E-state index contributed by atoms with van der Waals surface area (Å²) >= 11 is 9.55. The van der Waals surface area contributed by atoms with Crippen molar-refractivity contribution in [3.63, 3.8) is 0 Å². The van der Waals surface area contributed by atoms with Crippen LogP contribution in [0.2, 0.25) is 5.02 Å². The van der Waals surface area contributed by atoms with Crippen LogP contribution in [-0.4, -0.2) is 28.7 Å². The Hall–Kier alpha value is -1.40. The first-order valence-corrected chi connectivity index (χ1v) is 10.1. The minimum Gasteiger partial charge on any atom is -0.324 e. The summed E-state index contributed by atoms with van der Waals surface area (Å²) in [7, 11) is 0. The Morgan fingerprint density at radius 3 is 2.38 bits per heavy atom. The molecule has 1 aromatic carbocycles. The number of nitrogens with one attached hydrogen (secondary N) is 1. The number of halogens is 2. The highest BCUT2D eigenvalue weighted by atomic mass is 79.9. The topological polar surface area (TPSA) is 66.5 Å². The van der Waals surface area contributed by atoms with Crippen LogP contribution >= 0.6 is 27.5 Å². The van der Waals surface area contributed by atoms with Crippen molar-refractivity contribution < 1.29 is 14.4 Å². The summed E-state index contributed by atoms with van der Waals surface area (Å²) in [5.74, 6) is -0.495. The number of nitrogens with zero attached hydrogens (tertiary/aromatic N) is 1. The quantitative estimate of drug-likeness (QED) is 0.729. The monoisotopic (exact) mass is 438 g/mol. The van der Waals surface area contributed by atoms with Gasteiger partial charge in [0.25, 0.3) is 0 Å². The number of rotatable bonds is 3. The highest BCUT2D eigenvalue weighted by Crippen LogP contribution is 2.56. The molecule has 0 spiro atoms. The number of imide groups is 1. The van der Waals surface area contributed by atoms with Crippen molar-refractivity contribution in [3.8, 4) is 0 Å². The largest absolute Gasteiger partial charge is 0.324 e. The van der Waals surface area contributed by atoms with E-state index < -0.39 is 6.04 Å². The molecule has 1 saturated heterocycles. The first kappa shape index (κ1) is 18.0. The maximum absolute atomic E-state index is 12.8. The van der Waals surface area contributed by atoms with Crippen molar-refractivity contribution in [2.75, 3.05) is 5.32 Å². The van der Waals surface area contributed by atoms with Gasteiger partial charge in [-0.3, -0.25) is 19.3 Å². The number of carbonyl (C=O) groups excluding carboxylic acids is 3. The lowest BCUT2D eigenvalue weighted by Crippen LogP contribution is -2.46. The zero-order valence-corrected chi connectivity index (χ0v) is 16.9. The van der Waals surface area contributed by atoms with Gasteiger partial charge in [-0.05, 0) is 78.6 Å². The third-order valence-electron chi connectivity index (χ3n) is 6.33. The van der Waals surface area contributed by atoms with Crippen LogP contribution in [0.25, 0.3) is 0 Å². The van der Waals surface area contributed by atoms with Crippen LogP contribution in [0.1, 0.15) is 31.7 Å². The lowest BCUT2D eigenvalue weighted by Gasteiger charge is -2.24. The molecule has 0 radical (unpaired) electrons. The van der Waals surface area contributed by atoms with Gasteiger partial charge in [-0.25, -0.2) is 0 Å². The van der Waals surface area contributed by atoms with Gasteiger partial charge in [-0.15, -0.1) is 0 Å². The molecular weight excluding hydrogens is 420 g/mol.